The molecule has 5 nitrogen and oxygen atoms in total. The van der Waals surface area contributed by atoms with Crippen LogP contribution >= 0.6 is 0 Å². The maximum Gasteiger partial charge on any atom is 0.213 e. The minimum atomic E-state index is -3.12. The van der Waals surface area contributed by atoms with Gasteiger partial charge in [-0.05, 0) is 31.7 Å². The number of ether oxygens (including phenoxy) is 1. The molecule has 1 atom stereocenters. The van der Waals surface area contributed by atoms with Gasteiger partial charge in [0.1, 0.15) is 5.75 Å². The van der Waals surface area contributed by atoms with Gasteiger partial charge in [0, 0.05) is 25.7 Å². The highest BCUT2D eigenvalue weighted by molar-refractivity contribution is 7.89. The summed E-state index contributed by atoms with van der Waals surface area (Å²) in [5, 5.41) is 0. The number of benzene rings is 1. The fraction of sp³-hybridized carbons (Fsp3) is 0.571. The van der Waals surface area contributed by atoms with Crippen molar-refractivity contribution >= 4 is 10.0 Å². The monoisotopic (exact) mass is 298 g/mol. The van der Waals surface area contributed by atoms with Crippen LogP contribution in [0, 0.1) is 0 Å². The normalized spacial score (nSPS) is 21.9. The van der Waals surface area contributed by atoms with Crippen molar-refractivity contribution in [3.05, 3.63) is 29.8 Å². The summed E-state index contributed by atoms with van der Waals surface area (Å²) in [6, 6.07) is 7.92. The van der Waals surface area contributed by atoms with E-state index in [1.807, 2.05) is 31.3 Å². The highest BCUT2D eigenvalue weighted by Crippen LogP contribution is 2.27. The molecule has 1 fully saturated rings. The van der Waals surface area contributed by atoms with E-state index in [0.717, 1.165) is 17.9 Å². The predicted octanol–water partition coefficient (Wildman–Crippen LogP) is 1.33. The van der Waals surface area contributed by atoms with Crippen molar-refractivity contribution in [3.63, 3.8) is 0 Å². The SMILES string of the molecule is CCS(=O)(=O)N1CCN(C)C(c2ccc(OC)cc2)C1. The Balaban J connectivity index is 2.20. The van der Waals surface area contributed by atoms with E-state index in [4.69, 9.17) is 4.74 Å². The molecule has 112 valence electrons. The Kier molecular flexibility index (Phi) is 4.67. The van der Waals surface area contributed by atoms with Gasteiger partial charge in [-0.3, -0.25) is 4.90 Å². The van der Waals surface area contributed by atoms with Crippen molar-refractivity contribution < 1.29 is 13.2 Å². The van der Waals surface area contributed by atoms with Crippen LogP contribution in [0.25, 0.3) is 0 Å². The molecule has 1 aromatic rings. The van der Waals surface area contributed by atoms with Crippen LogP contribution in [-0.4, -0.2) is 57.2 Å². The zero-order chi connectivity index (χ0) is 14.8. The van der Waals surface area contributed by atoms with Gasteiger partial charge in [-0.25, -0.2) is 8.42 Å². The van der Waals surface area contributed by atoms with E-state index in [1.54, 1.807) is 18.3 Å². The third-order valence-corrected chi connectivity index (χ3v) is 5.72. The Hall–Kier alpha value is -1.11. The van der Waals surface area contributed by atoms with Crippen LogP contribution in [0.3, 0.4) is 0 Å². The molecule has 6 heteroatoms. The van der Waals surface area contributed by atoms with Gasteiger partial charge in [0.05, 0.1) is 12.9 Å². The molecule has 0 aromatic heterocycles. The molecule has 0 amide bonds. The number of hydrogen-bond donors (Lipinski definition) is 0. The Bertz CT molecular complexity index is 542. The van der Waals surface area contributed by atoms with Gasteiger partial charge in [-0.15, -0.1) is 0 Å². The van der Waals surface area contributed by atoms with Crippen LogP contribution in [0.4, 0.5) is 0 Å². The lowest BCUT2D eigenvalue weighted by Crippen LogP contribution is -2.49. The average molecular weight is 298 g/mol. The highest BCUT2D eigenvalue weighted by Gasteiger charge is 2.31. The smallest absolute Gasteiger partial charge is 0.213 e. The maximum absolute atomic E-state index is 12.0. The van der Waals surface area contributed by atoms with Crippen molar-refractivity contribution in [2.45, 2.75) is 13.0 Å². The van der Waals surface area contributed by atoms with E-state index in [1.165, 1.54) is 0 Å². The van der Waals surface area contributed by atoms with Gasteiger partial charge < -0.3 is 4.74 Å². The lowest BCUT2D eigenvalue weighted by Gasteiger charge is -2.38. The number of rotatable bonds is 4. The van der Waals surface area contributed by atoms with Crippen LogP contribution in [-0.2, 0) is 10.0 Å². The molecule has 0 N–H and O–H groups in total. The molecule has 1 aliphatic heterocycles. The first-order valence-corrected chi connectivity index (χ1v) is 8.41. The average Bonchev–Trinajstić information content (AvgIpc) is 2.47. The Morgan fingerprint density at radius 3 is 2.45 bits per heavy atom. The molecule has 0 saturated carbocycles. The lowest BCUT2D eigenvalue weighted by atomic mass is 10.0. The summed E-state index contributed by atoms with van der Waals surface area (Å²) in [6.45, 7) is 3.52. The standard InChI is InChI=1S/C14H22N2O3S/c1-4-20(17,18)16-10-9-15(2)14(11-16)12-5-7-13(19-3)8-6-12/h5-8,14H,4,9-11H2,1-3H3. The third-order valence-electron chi connectivity index (χ3n) is 3.87. The van der Waals surface area contributed by atoms with Crippen LogP contribution in [0.15, 0.2) is 24.3 Å². The number of sulfonamides is 1. The molecule has 1 saturated heterocycles. The fourth-order valence-corrected chi connectivity index (χ4v) is 3.56. The summed E-state index contributed by atoms with van der Waals surface area (Å²) in [5.41, 5.74) is 1.12. The number of nitrogens with zero attached hydrogens (tertiary/aromatic N) is 2. The van der Waals surface area contributed by atoms with Gasteiger partial charge in [-0.1, -0.05) is 12.1 Å². The number of hydrogen-bond acceptors (Lipinski definition) is 4. The number of piperazine rings is 1. The van der Waals surface area contributed by atoms with Crippen molar-refractivity contribution in [1.82, 2.24) is 9.21 Å². The second-order valence-electron chi connectivity index (χ2n) is 5.03. The van der Waals surface area contributed by atoms with E-state index in [0.29, 0.717) is 13.1 Å². The van der Waals surface area contributed by atoms with E-state index < -0.39 is 10.0 Å². The minimum absolute atomic E-state index is 0.0935. The molecule has 0 bridgehead atoms. The van der Waals surface area contributed by atoms with Crippen LogP contribution in [0.5, 0.6) is 5.75 Å². The van der Waals surface area contributed by atoms with Crippen molar-refractivity contribution in [2.75, 3.05) is 39.5 Å². The first-order chi connectivity index (χ1) is 9.47. The largest absolute Gasteiger partial charge is 0.497 e. The topological polar surface area (TPSA) is 49.9 Å². The third kappa shape index (κ3) is 3.13. The summed E-state index contributed by atoms with van der Waals surface area (Å²) in [7, 11) is 0.552. The summed E-state index contributed by atoms with van der Waals surface area (Å²) in [4.78, 5) is 2.20. The molecule has 0 aliphatic carbocycles. The first-order valence-electron chi connectivity index (χ1n) is 6.80. The van der Waals surface area contributed by atoms with Crippen LogP contribution in [0.1, 0.15) is 18.5 Å². The van der Waals surface area contributed by atoms with Crippen LogP contribution in [0.2, 0.25) is 0 Å². The lowest BCUT2D eigenvalue weighted by molar-refractivity contribution is 0.148. The van der Waals surface area contributed by atoms with E-state index in [9.17, 15) is 8.42 Å². The van der Waals surface area contributed by atoms with E-state index in [2.05, 4.69) is 4.90 Å². The van der Waals surface area contributed by atoms with Gasteiger partial charge >= 0.3 is 0 Å². The Morgan fingerprint density at radius 2 is 1.90 bits per heavy atom. The molecule has 1 aromatic carbocycles. The molecule has 0 radical (unpaired) electrons. The summed E-state index contributed by atoms with van der Waals surface area (Å²) in [6.07, 6.45) is 0. The molecular formula is C14H22N2O3S. The van der Waals surface area contributed by atoms with Crippen molar-refractivity contribution in [3.8, 4) is 5.75 Å². The first kappa shape index (κ1) is 15.3. The Labute approximate surface area is 121 Å². The Morgan fingerprint density at radius 1 is 1.25 bits per heavy atom. The summed E-state index contributed by atoms with van der Waals surface area (Å²) >= 11 is 0. The predicted molar refractivity (Wildman–Crippen MR) is 79.4 cm³/mol. The van der Waals surface area contributed by atoms with Gasteiger partial charge in [-0.2, -0.15) is 4.31 Å². The molecule has 2 rings (SSSR count). The van der Waals surface area contributed by atoms with Gasteiger partial charge in [0.15, 0.2) is 0 Å². The second-order valence-corrected chi connectivity index (χ2v) is 7.29. The molecule has 1 aliphatic rings. The molecule has 1 heterocycles. The summed E-state index contributed by atoms with van der Waals surface area (Å²) < 4.78 is 30.8. The molecule has 0 spiro atoms. The fourth-order valence-electron chi connectivity index (χ4n) is 2.47. The quantitative estimate of drug-likeness (QED) is 0.841. The highest BCUT2D eigenvalue weighted by atomic mass is 32.2. The van der Waals surface area contributed by atoms with Gasteiger partial charge in [0.25, 0.3) is 0 Å². The second kappa shape index (κ2) is 6.11. The van der Waals surface area contributed by atoms with E-state index in [-0.39, 0.29) is 11.8 Å². The van der Waals surface area contributed by atoms with Crippen molar-refractivity contribution in [2.24, 2.45) is 0 Å². The number of likely N-dealkylation sites (N-methyl/N-ethyl adjacent to an activating group) is 1. The molecule has 20 heavy (non-hydrogen) atoms. The molecule has 1 unspecified atom stereocenters. The van der Waals surface area contributed by atoms with Crippen molar-refractivity contribution in [1.29, 1.82) is 0 Å². The zero-order valence-electron chi connectivity index (χ0n) is 12.2. The molecular weight excluding hydrogens is 276 g/mol. The van der Waals surface area contributed by atoms with Crippen LogP contribution < -0.4 is 4.74 Å². The number of methoxy groups -OCH3 is 1. The minimum Gasteiger partial charge on any atom is -0.497 e. The van der Waals surface area contributed by atoms with E-state index >= 15 is 0 Å². The van der Waals surface area contributed by atoms with Gasteiger partial charge in [0.2, 0.25) is 10.0 Å². The maximum atomic E-state index is 12.0. The summed E-state index contributed by atoms with van der Waals surface area (Å²) in [5.74, 6) is 0.969. The zero-order valence-corrected chi connectivity index (χ0v) is 13.1.